The molecular weight excluding hydrogens is 343 g/mol. The molecule has 0 saturated carbocycles. The van der Waals surface area contributed by atoms with Crippen LogP contribution < -0.4 is 0 Å². The summed E-state index contributed by atoms with van der Waals surface area (Å²) >= 11 is 2.32. The van der Waals surface area contributed by atoms with Crippen LogP contribution in [0.1, 0.15) is 19.4 Å². The lowest BCUT2D eigenvalue weighted by atomic mass is 10.2. The fourth-order valence-electron chi connectivity index (χ4n) is 2.05. The fourth-order valence-corrected chi connectivity index (χ4v) is 2.80. The molecule has 1 fully saturated rings. The van der Waals surface area contributed by atoms with Crippen LogP contribution in [0.5, 0.6) is 0 Å². The second-order valence-corrected chi connectivity index (χ2v) is 5.75. The molecule has 2 rings (SSSR count). The maximum Gasteiger partial charge on any atom is 0.163 e. The highest BCUT2D eigenvalue weighted by molar-refractivity contribution is 14.1. The van der Waals surface area contributed by atoms with Gasteiger partial charge < -0.3 is 14.2 Å². The van der Waals surface area contributed by atoms with Gasteiger partial charge in [-0.05, 0) is 19.4 Å². The molecule has 0 radical (unpaired) electrons. The van der Waals surface area contributed by atoms with E-state index in [9.17, 15) is 0 Å². The first-order valence-electron chi connectivity index (χ1n) is 6.14. The minimum atomic E-state index is -0.489. The molecule has 0 bridgehead atoms. The Morgan fingerprint density at radius 1 is 1.17 bits per heavy atom. The molecule has 1 heterocycles. The lowest BCUT2D eigenvalue weighted by Crippen LogP contribution is -2.28. The Hall–Kier alpha value is -0.170. The lowest BCUT2D eigenvalue weighted by molar-refractivity contribution is -0.149. The van der Waals surface area contributed by atoms with Gasteiger partial charge in [0.1, 0.15) is 6.10 Å². The van der Waals surface area contributed by atoms with Gasteiger partial charge in [-0.2, -0.15) is 0 Å². The summed E-state index contributed by atoms with van der Waals surface area (Å²) in [6.45, 7) is 5.09. The van der Waals surface area contributed by atoms with E-state index in [0.717, 1.165) is 4.43 Å². The van der Waals surface area contributed by atoms with Crippen molar-refractivity contribution >= 4 is 22.6 Å². The molecule has 0 N–H and O–H groups in total. The number of benzene rings is 1. The standard InChI is InChI=1S/C14H19IO3/c1-14(2)17-12(8-15)13(18-14)10-16-9-11-6-4-3-5-7-11/h3-7,12-13H,8-10H2,1-2H3. The van der Waals surface area contributed by atoms with E-state index in [1.165, 1.54) is 5.56 Å². The molecule has 2 unspecified atom stereocenters. The van der Waals surface area contributed by atoms with Gasteiger partial charge in [0, 0.05) is 4.43 Å². The van der Waals surface area contributed by atoms with E-state index in [4.69, 9.17) is 14.2 Å². The monoisotopic (exact) mass is 362 g/mol. The van der Waals surface area contributed by atoms with Crippen LogP contribution in [0.4, 0.5) is 0 Å². The predicted molar refractivity (Wildman–Crippen MR) is 78.8 cm³/mol. The molecule has 4 heteroatoms. The van der Waals surface area contributed by atoms with E-state index >= 15 is 0 Å². The van der Waals surface area contributed by atoms with Gasteiger partial charge in [-0.3, -0.25) is 0 Å². The highest BCUT2D eigenvalue weighted by atomic mass is 127. The van der Waals surface area contributed by atoms with E-state index in [1.54, 1.807) is 0 Å². The Morgan fingerprint density at radius 3 is 2.50 bits per heavy atom. The van der Waals surface area contributed by atoms with Crippen molar-refractivity contribution in [2.75, 3.05) is 11.0 Å². The summed E-state index contributed by atoms with van der Waals surface area (Å²) in [5.74, 6) is -0.489. The molecule has 2 atom stereocenters. The molecule has 1 aliphatic rings. The van der Waals surface area contributed by atoms with Crippen LogP contribution in [0.3, 0.4) is 0 Å². The van der Waals surface area contributed by atoms with Crippen LogP contribution in [0, 0.1) is 0 Å². The highest BCUT2D eigenvalue weighted by Crippen LogP contribution is 2.29. The number of ether oxygens (including phenoxy) is 3. The molecule has 18 heavy (non-hydrogen) atoms. The molecule has 1 aliphatic heterocycles. The Labute approximate surface area is 122 Å². The summed E-state index contributed by atoms with van der Waals surface area (Å²) in [5.41, 5.74) is 1.18. The summed E-state index contributed by atoms with van der Waals surface area (Å²) in [7, 11) is 0. The second-order valence-electron chi connectivity index (χ2n) is 4.87. The molecule has 100 valence electrons. The van der Waals surface area contributed by atoms with Crippen LogP contribution in [-0.4, -0.2) is 29.0 Å². The molecule has 1 aromatic carbocycles. The Kier molecular flexibility index (Phi) is 5.00. The van der Waals surface area contributed by atoms with Crippen LogP contribution >= 0.6 is 22.6 Å². The van der Waals surface area contributed by atoms with Gasteiger partial charge in [0.2, 0.25) is 0 Å². The van der Waals surface area contributed by atoms with Gasteiger partial charge >= 0.3 is 0 Å². The number of hydrogen-bond donors (Lipinski definition) is 0. The zero-order chi connectivity index (χ0) is 13.0. The smallest absolute Gasteiger partial charge is 0.163 e. The average molecular weight is 362 g/mol. The summed E-state index contributed by atoms with van der Waals surface area (Å²) in [4.78, 5) is 0. The van der Waals surface area contributed by atoms with Crippen molar-refractivity contribution in [2.45, 2.75) is 38.4 Å². The van der Waals surface area contributed by atoms with E-state index in [-0.39, 0.29) is 12.2 Å². The SMILES string of the molecule is CC1(C)OC(CI)C(COCc2ccccc2)O1. The van der Waals surface area contributed by atoms with Crippen LogP contribution in [0.15, 0.2) is 30.3 Å². The molecule has 0 spiro atoms. The molecule has 0 aromatic heterocycles. The van der Waals surface area contributed by atoms with Gasteiger partial charge in [0.15, 0.2) is 5.79 Å². The Morgan fingerprint density at radius 2 is 1.83 bits per heavy atom. The minimum absolute atomic E-state index is 0.0283. The average Bonchev–Trinajstić information content (AvgIpc) is 2.65. The third-order valence-electron chi connectivity index (χ3n) is 2.83. The summed E-state index contributed by atoms with van der Waals surface area (Å²) < 4.78 is 18.3. The topological polar surface area (TPSA) is 27.7 Å². The minimum Gasteiger partial charge on any atom is -0.374 e. The van der Waals surface area contributed by atoms with Gasteiger partial charge in [0.05, 0.1) is 19.3 Å². The van der Waals surface area contributed by atoms with E-state index in [2.05, 4.69) is 34.7 Å². The van der Waals surface area contributed by atoms with Gasteiger partial charge in [-0.15, -0.1) is 0 Å². The summed E-state index contributed by atoms with van der Waals surface area (Å²) in [5, 5.41) is 0. The van der Waals surface area contributed by atoms with Crippen molar-refractivity contribution in [2.24, 2.45) is 0 Å². The van der Waals surface area contributed by atoms with Crippen molar-refractivity contribution in [1.29, 1.82) is 0 Å². The van der Waals surface area contributed by atoms with Crippen LogP contribution in [0.2, 0.25) is 0 Å². The number of rotatable bonds is 5. The van der Waals surface area contributed by atoms with Gasteiger partial charge in [0.25, 0.3) is 0 Å². The Balaban J connectivity index is 1.80. The van der Waals surface area contributed by atoms with Crippen molar-refractivity contribution in [3.05, 3.63) is 35.9 Å². The third-order valence-corrected chi connectivity index (χ3v) is 3.70. The number of hydrogen-bond acceptors (Lipinski definition) is 3. The summed E-state index contributed by atoms with van der Waals surface area (Å²) in [6.07, 6.45) is 0.150. The van der Waals surface area contributed by atoms with Crippen LogP contribution in [-0.2, 0) is 20.8 Å². The van der Waals surface area contributed by atoms with E-state index in [1.807, 2.05) is 32.0 Å². The van der Waals surface area contributed by atoms with Crippen LogP contribution in [0.25, 0.3) is 0 Å². The first-order chi connectivity index (χ1) is 8.61. The largest absolute Gasteiger partial charge is 0.374 e. The van der Waals surface area contributed by atoms with Gasteiger partial charge in [-0.1, -0.05) is 52.9 Å². The van der Waals surface area contributed by atoms with Crippen molar-refractivity contribution < 1.29 is 14.2 Å². The molecule has 1 saturated heterocycles. The Bertz CT molecular complexity index is 367. The van der Waals surface area contributed by atoms with Crippen molar-refractivity contribution in [3.63, 3.8) is 0 Å². The first kappa shape index (κ1) is 14.2. The zero-order valence-corrected chi connectivity index (χ0v) is 12.9. The van der Waals surface area contributed by atoms with E-state index < -0.39 is 5.79 Å². The highest BCUT2D eigenvalue weighted by Gasteiger charge is 2.40. The molecule has 3 nitrogen and oxygen atoms in total. The van der Waals surface area contributed by atoms with Crippen molar-refractivity contribution in [3.8, 4) is 0 Å². The van der Waals surface area contributed by atoms with E-state index in [0.29, 0.717) is 13.2 Å². The van der Waals surface area contributed by atoms with Gasteiger partial charge in [-0.25, -0.2) is 0 Å². The molecule has 0 amide bonds. The third kappa shape index (κ3) is 3.91. The predicted octanol–water partition coefficient (Wildman–Crippen LogP) is 3.16. The maximum atomic E-state index is 5.84. The zero-order valence-electron chi connectivity index (χ0n) is 10.8. The quantitative estimate of drug-likeness (QED) is 0.595. The molecular formula is C14H19IO3. The first-order valence-corrected chi connectivity index (χ1v) is 7.66. The normalized spacial score (nSPS) is 26.4. The fraction of sp³-hybridized carbons (Fsp3) is 0.571. The number of halogens is 1. The molecule has 0 aliphatic carbocycles. The molecule has 1 aromatic rings. The van der Waals surface area contributed by atoms with Crippen molar-refractivity contribution in [1.82, 2.24) is 0 Å². The lowest BCUT2D eigenvalue weighted by Gasteiger charge is -2.16. The summed E-state index contributed by atoms with van der Waals surface area (Å²) in [6, 6.07) is 10.2. The maximum absolute atomic E-state index is 5.84. The number of alkyl halides is 1. The second kappa shape index (κ2) is 6.32.